The Bertz CT molecular complexity index is 2120. The number of hydrogen-bond acceptors (Lipinski definition) is 4. The first kappa shape index (κ1) is 35.0. The van der Waals surface area contributed by atoms with Gasteiger partial charge in [0.15, 0.2) is 0 Å². The monoisotopic (exact) mass is 778 g/mol. The van der Waals surface area contributed by atoms with Gasteiger partial charge in [-0.2, -0.15) is 0 Å². The number of fused-ring (bicyclic) bond motifs is 2. The molecule has 0 fully saturated rings. The van der Waals surface area contributed by atoms with Gasteiger partial charge in [-0.05, 0) is 0 Å². The quantitative estimate of drug-likeness (QED) is 0.236. The molecule has 8 nitrogen and oxygen atoms in total. The molecule has 0 unspecified atom stereocenters. The predicted molar refractivity (Wildman–Crippen MR) is 193 cm³/mol. The molecular weight excluding hydrogens is 733 g/mol. The van der Waals surface area contributed by atoms with Gasteiger partial charge in [-0.25, -0.2) is 0 Å². The van der Waals surface area contributed by atoms with Crippen LogP contribution in [0.3, 0.4) is 0 Å². The summed E-state index contributed by atoms with van der Waals surface area (Å²) < 4.78 is 39.4. The van der Waals surface area contributed by atoms with Crippen LogP contribution >= 0.6 is 0 Å². The summed E-state index contributed by atoms with van der Waals surface area (Å²) in [4.78, 5) is 33.9. The molecule has 11 heteroatoms. The zero-order chi connectivity index (χ0) is 35.4. The predicted octanol–water partition coefficient (Wildman–Crippen LogP) is 6.63. The Labute approximate surface area is 291 Å². The third-order valence-corrected chi connectivity index (χ3v) is 16.1. The van der Waals surface area contributed by atoms with E-state index in [1.54, 1.807) is 6.08 Å². The van der Waals surface area contributed by atoms with Gasteiger partial charge in [0.1, 0.15) is 0 Å². The van der Waals surface area contributed by atoms with Crippen molar-refractivity contribution < 1.29 is 25.5 Å². The van der Waals surface area contributed by atoms with Crippen LogP contribution in [0.1, 0.15) is 114 Å². The number of nitrogens with zero attached hydrogens (tertiary/aromatic N) is 4. The Morgan fingerprint density at radius 3 is 1.51 bits per heavy atom. The average Bonchev–Trinajstić information content (AvgIpc) is 3.75. The molecule has 6 heterocycles. The molecule has 2 aromatic heterocycles. The van der Waals surface area contributed by atoms with E-state index in [1.807, 2.05) is 45.9 Å². The molecule has 6 rings (SSSR count). The zero-order valence-corrected chi connectivity index (χ0v) is 32.0. The van der Waals surface area contributed by atoms with Crippen molar-refractivity contribution in [1.29, 1.82) is 0 Å². The summed E-state index contributed by atoms with van der Waals surface area (Å²) in [6.07, 6.45) is 10.6. The van der Waals surface area contributed by atoms with Gasteiger partial charge in [0.05, 0.1) is 0 Å². The molecule has 4 aliphatic rings. The summed E-state index contributed by atoms with van der Waals surface area (Å²) in [5.74, 6) is -1.96. The number of allylic oxidation sites excluding steroid dienone is 4. The molecule has 0 aromatic carbocycles. The minimum atomic E-state index is -6.81. The molecule has 2 N–H and O–H groups in total. The zero-order valence-electron chi connectivity index (χ0n) is 29.1. The molecule has 0 atom stereocenters. The van der Waals surface area contributed by atoms with Crippen LogP contribution in [-0.2, 0) is 35.3 Å². The normalized spacial score (nSPS) is 17.3. The number of aliphatic imine (C=N–C) groups is 2. The molecule has 0 aliphatic carbocycles. The van der Waals surface area contributed by atoms with E-state index in [4.69, 9.17) is 9.98 Å². The van der Waals surface area contributed by atoms with E-state index in [9.17, 15) is 19.8 Å². The molecule has 0 amide bonds. The molecule has 6 bridgehead atoms. The van der Waals surface area contributed by atoms with Crippen LogP contribution in [0.5, 0.6) is 0 Å². The van der Waals surface area contributed by atoms with Crippen LogP contribution < -0.4 is 10.7 Å². The van der Waals surface area contributed by atoms with Crippen LogP contribution in [0.2, 0.25) is 0 Å². The van der Waals surface area contributed by atoms with Crippen molar-refractivity contribution in [1.82, 2.24) is 5.58 Å². The summed E-state index contributed by atoms with van der Waals surface area (Å²) in [6, 6.07) is 0. The standard InChI is InChI=1S/C38H46N4O4.2FH.Sn/c1-7-21-23(9-3)31-18-33-25(11-5)27(13-15-37(43)44)35(41-33)20-36-28(14-16-38(45)46)26(12-6)34(42-36)19-32-24(10-4)22(8-2)30(40-32)17-29(21)39-31;;;/h17-20H,7-16H2,1-6H3,(H4,39,40,41,42,43,44,45,46);2*1H;/q;;;+4/p-4. The van der Waals surface area contributed by atoms with Gasteiger partial charge in [0.2, 0.25) is 0 Å². The van der Waals surface area contributed by atoms with Crippen molar-refractivity contribution in [2.24, 2.45) is 9.98 Å². The Morgan fingerprint density at radius 2 is 1.04 bits per heavy atom. The summed E-state index contributed by atoms with van der Waals surface area (Å²) in [7, 11) is 0. The van der Waals surface area contributed by atoms with E-state index in [1.165, 1.54) is 5.58 Å². The van der Waals surface area contributed by atoms with Gasteiger partial charge in [-0.1, -0.05) is 0 Å². The molecule has 0 spiro atoms. The van der Waals surface area contributed by atoms with E-state index >= 15 is 5.73 Å². The van der Waals surface area contributed by atoms with E-state index < -0.39 is 32.0 Å². The van der Waals surface area contributed by atoms with Crippen LogP contribution in [0.4, 0.5) is 5.73 Å². The Morgan fingerprint density at radius 1 is 0.592 bits per heavy atom. The molecule has 0 saturated carbocycles. The first-order chi connectivity index (χ1) is 23.4. The SMILES string of the molecule is CCC1=C(CC)C2=NC1=Cc1c(CC)c(CCC(=O)O)c3[n]1[Sn]([F])([F])[n]1c(c(CC)c(CC)c1=CC1=NC(=C3)C(CCC(=O)O)=C1CC)=C2. The van der Waals surface area contributed by atoms with Gasteiger partial charge in [-0.3, -0.25) is 0 Å². The van der Waals surface area contributed by atoms with Crippen LogP contribution in [0.25, 0.3) is 24.3 Å². The summed E-state index contributed by atoms with van der Waals surface area (Å²) in [6.45, 7) is 12.1. The Balaban J connectivity index is 1.90. The fourth-order valence-corrected chi connectivity index (χ4v) is 14.4. The second-order valence-corrected chi connectivity index (χ2v) is 18.3. The maximum absolute atomic E-state index is 18.4. The Hall–Kier alpha value is -3.80. The molecule has 0 saturated heterocycles. The van der Waals surface area contributed by atoms with Gasteiger partial charge < -0.3 is 0 Å². The second-order valence-electron chi connectivity index (χ2n) is 12.8. The third kappa shape index (κ3) is 5.63. The van der Waals surface area contributed by atoms with Crippen molar-refractivity contribution in [2.75, 3.05) is 0 Å². The molecular formula is C38H44F2N4O4Sn. The average molecular weight is 778 g/mol. The molecule has 2 aromatic rings. The fraction of sp³-hybridized carbons (Fsp3) is 0.421. The molecule has 258 valence electrons. The van der Waals surface area contributed by atoms with Crippen LogP contribution in [-0.4, -0.2) is 59.2 Å². The number of aliphatic carboxylic acids is 2. The molecule has 4 aliphatic heterocycles. The molecule has 0 radical (unpaired) electrons. The van der Waals surface area contributed by atoms with Gasteiger partial charge >= 0.3 is 293 Å². The fourth-order valence-electron chi connectivity index (χ4n) is 8.24. The van der Waals surface area contributed by atoms with Crippen molar-refractivity contribution in [3.63, 3.8) is 0 Å². The number of carboxylic acid groups (broad SMARTS) is 2. The van der Waals surface area contributed by atoms with Crippen molar-refractivity contribution in [3.8, 4) is 0 Å². The first-order valence-corrected chi connectivity index (χ1v) is 22.3. The topological polar surface area (TPSA) is 109 Å². The van der Waals surface area contributed by atoms with Gasteiger partial charge in [-0.15, -0.1) is 0 Å². The maximum atomic E-state index is 18.4. The van der Waals surface area contributed by atoms with Crippen molar-refractivity contribution in [3.05, 3.63) is 78.0 Å². The van der Waals surface area contributed by atoms with E-state index in [2.05, 4.69) is 13.8 Å². The van der Waals surface area contributed by atoms with Crippen LogP contribution in [0.15, 0.2) is 43.7 Å². The number of carboxylic acids is 2. The number of aromatic nitrogens is 2. The second kappa shape index (κ2) is 13.5. The van der Waals surface area contributed by atoms with E-state index in [0.717, 1.165) is 39.1 Å². The van der Waals surface area contributed by atoms with Gasteiger partial charge in [0, 0.05) is 0 Å². The van der Waals surface area contributed by atoms with Gasteiger partial charge in [0.25, 0.3) is 0 Å². The van der Waals surface area contributed by atoms with E-state index in [0.29, 0.717) is 83.1 Å². The number of carbonyl (C=O) groups is 2. The van der Waals surface area contributed by atoms with Crippen molar-refractivity contribution in [2.45, 2.75) is 106 Å². The van der Waals surface area contributed by atoms with Crippen molar-refractivity contribution >= 4 is 67.7 Å². The summed E-state index contributed by atoms with van der Waals surface area (Å²) in [5, 5.41) is 20.4. The summed E-state index contributed by atoms with van der Waals surface area (Å²) in [5.41, 5.74) is 9.79. The number of halogens is 2. The molecule has 49 heavy (non-hydrogen) atoms. The third-order valence-electron chi connectivity index (χ3n) is 10.3. The van der Waals surface area contributed by atoms with E-state index in [-0.39, 0.29) is 31.4 Å². The minimum absolute atomic E-state index is 0.0728. The number of hydrogen-bond donors (Lipinski definition) is 2. The first-order valence-electron chi connectivity index (χ1n) is 17.6. The number of rotatable bonds is 12. The summed E-state index contributed by atoms with van der Waals surface area (Å²) >= 11 is -6.81. The Kier molecular flexibility index (Phi) is 9.65. The van der Waals surface area contributed by atoms with Crippen LogP contribution in [0, 0.1) is 0 Å².